The van der Waals surface area contributed by atoms with Crippen LogP contribution in [0.15, 0.2) is 152 Å². The van der Waals surface area contributed by atoms with Crippen molar-refractivity contribution in [2.24, 2.45) is 0 Å². The van der Waals surface area contributed by atoms with Crippen molar-refractivity contribution in [2.75, 3.05) is 23.7 Å². The third-order valence-electron chi connectivity index (χ3n) is 11.2. The van der Waals surface area contributed by atoms with Gasteiger partial charge in [-0.25, -0.2) is 0 Å². The fourth-order valence-corrected chi connectivity index (χ4v) is 7.95. The molecule has 62 heavy (non-hydrogen) atoms. The molecule has 2 aliphatic rings. The molecule has 0 saturated carbocycles. The molecule has 2 aliphatic heterocycles. The third-order valence-corrected chi connectivity index (χ3v) is 11.2. The van der Waals surface area contributed by atoms with E-state index in [1.807, 2.05) is 91.0 Å². The average Bonchev–Trinajstić information content (AvgIpc) is 4.03. The van der Waals surface area contributed by atoms with Crippen LogP contribution in [0.4, 0.5) is 11.4 Å². The first-order valence-electron chi connectivity index (χ1n) is 20.6. The molecule has 8 rings (SSSR count). The van der Waals surface area contributed by atoms with E-state index in [1.54, 1.807) is 65.7 Å². The van der Waals surface area contributed by atoms with Crippen LogP contribution in [0.1, 0.15) is 84.8 Å². The molecule has 11 nitrogen and oxygen atoms in total. The van der Waals surface area contributed by atoms with Crippen molar-refractivity contribution in [2.45, 2.75) is 37.8 Å². The molecule has 0 unspecified atom stereocenters. The molecule has 2 N–H and O–H groups in total. The highest BCUT2D eigenvalue weighted by molar-refractivity contribution is 6.15. The van der Waals surface area contributed by atoms with E-state index in [2.05, 4.69) is 27.2 Å². The highest BCUT2D eigenvalue weighted by Crippen LogP contribution is 2.28. The predicted molar refractivity (Wildman–Crippen MR) is 240 cm³/mol. The van der Waals surface area contributed by atoms with E-state index < -0.39 is 18.0 Å². The van der Waals surface area contributed by atoms with Crippen LogP contribution in [0.3, 0.4) is 0 Å². The van der Waals surface area contributed by atoms with E-state index >= 15 is 0 Å². The molecule has 2 aromatic heterocycles. The average molecular weight is 821 g/mol. The third kappa shape index (κ3) is 9.02. The number of hydrogen-bond acceptors (Lipinski definition) is 7. The van der Waals surface area contributed by atoms with Crippen molar-refractivity contribution in [1.29, 1.82) is 0 Å². The Hall–Kier alpha value is -7.79. The Balaban J connectivity index is 0.854. The van der Waals surface area contributed by atoms with Crippen LogP contribution in [0.5, 0.6) is 0 Å². The molecule has 4 aromatic carbocycles. The molecular formula is C51H44N6O5. The predicted octanol–water partition coefficient (Wildman–Crippen LogP) is 8.43. The quantitative estimate of drug-likeness (QED) is 0.0933. The first-order chi connectivity index (χ1) is 30.2. The Kier molecular flexibility index (Phi) is 12.3. The van der Waals surface area contributed by atoms with E-state index in [4.69, 9.17) is 0 Å². The van der Waals surface area contributed by atoms with Gasteiger partial charge in [0.1, 0.15) is 23.5 Å². The minimum absolute atomic E-state index is 0.0306. The van der Waals surface area contributed by atoms with Crippen LogP contribution in [-0.4, -0.2) is 74.4 Å². The van der Waals surface area contributed by atoms with Gasteiger partial charge in [0.05, 0.1) is 5.56 Å². The number of carbonyl (C=O) groups is 5. The number of rotatable bonds is 12. The molecule has 2 saturated heterocycles. The lowest BCUT2D eigenvalue weighted by Crippen LogP contribution is -2.43. The number of ketones is 1. The van der Waals surface area contributed by atoms with E-state index in [-0.39, 0.29) is 40.5 Å². The van der Waals surface area contributed by atoms with Crippen molar-refractivity contribution in [3.05, 3.63) is 197 Å². The fraction of sp³-hybridized carbons (Fsp3) is 0.157. The van der Waals surface area contributed by atoms with Crippen molar-refractivity contribution in [3.8, 4) is 0 Å². The summed E-state index contributed by atoms with van der Waals surface area (Å²) in [6.07, 6.45) is 9.35. The Labute approximate surface area is 359 Å². The second-order valence-corrected chi connectivity index (χ2v) is 15.2. The zero-order valence-electron chi connectivity index (χ0n) is 33.9. The standard InChI is InChI=1S/C51H44N6O5/c1-34(37-12-4-2-5-13-37)41-16-8-30-52-45(41)50(61)56-32-10-18-43(56)48(59)54-39-26-22-35(23-27-39)20-21-36-24-28-40(29-25-36)55-49(60)44-19-11-33-57(44)51(62)46-42(17-9-31-53-46)47(58)38-14-6-3-7-15-38/h2-9,12-17,20-31,43-44H,1,10-11,18-19,32-33H2,(H,54,59)(H,55,60)/b21-20+/t43-,44-/m0/s1. The molecule has 11 heteroatoms. The first kappa shape index (κ1) is 41.0. The highest BCUT2D eigenvalue weighted by Gasteiger charge is 2.38. The second-order valence-electron chi connectivity index (χ2n) is 15.2. The molecule has 4 amide bonds. The van der Waals surface area contributed by atoms with E-state index in [1.165, 1.54) is 11.1 Å². The molecule has 0 aliphatic carbocycles. The molecule has 6 aromatic rings. The summed E-state index contributed by atoms with van der Waals surface area (Å²) in [6.45, 7) is 5.07. The molecule has 0 bridgehead atoms. The van der Waals surface area contributed by atoms with Crippen molar-refractivity contribution in [3.63, 3.8) is 0 Å². The summed E-state index contributed by atoms with van der Waals surface area (Å²) in [7, 11) is 0. The van der Waals surface area contributed by atoms with Gasteiger partial charge in [0.25, 0.3) is 11.8 Å². The second kappa shape index (κ2) is 18.6. The maximum Gasteiger partial charge on any atom is 0.273 e. The molecular weight excluding hydrogens is 777 g/mol. The lowest BCUT2D eigenvalue weighted by Gasteiger charge is -2.25. The van der Waals surface area contributed by atoms with Gasteiger partial charge in [-0.15, -0.1) is 0 Å². The van der Waals surface area contributed by atoms with Crippen LogP contribution in [0.25, 0.3) is 17.7 Å². The van der Waals surface area contributed by atoms with E-state index in [9.17, 15) is 24.0 Å². The number of hydrogen-bond donors (Lipinski definition) is 2. The van der Waals surface area contributed by atoms with Crippen molar-refractivity contribution >= 4 is 58.5 Å². The topological polar surface area (TPSA) is 142 Å². The number of likely N-dealkylation sites (tertiary alicyclic amines) is 2. The summed E-state index contributed by atoms with van der Waals surface area (Å²) < 4.78 is 0. The van der Waals surface area contributed by atoms with Gasteiger partial charge < -0.3 is 20.4 Å². The lowest BCUT2D eigenvalue weighted by molar-refractivity contribution is -0.120. The van der Waals surface area contributed by atoms with Gasteiger partial charge in [0.2, 0.25) is 11.8 Å². The van der Waals surface area contributed by atoms with Gasteiger partial charge in [-0.05, 0) is 90.4 Å². The van der Waals surface area contributed by atoms with Gasteiger partial charge >= 0.3 is 0 Å². The van der Waals surface area contributed by atoms with Gasteiger partial charge in [-0.1, -0.05) is 110 Å². The summed E-state index contributed by atoms with van der Waals surface area (Å²) in [5.41, 5.74) is 6.19. The number of pyridine rings is 2. The minimum Gasteiger partial charge on any atom is -0.325 e. The Morgan fingerprint density at radius 1 is 0.532 bits per heavy atom. The SMILES string of the molecule is C=C(c1ccccc1)c1cccnc1C(=O)N1CCC[C@H]1C(=O)Nc1ccc(/C=C/c2ccc(NC(=O)[C@@H]3CCCN3C(=O)c3ncccc3C(=O)c3ccccc3)cc2)cc1. The molecule has 0 radical (unpaired) electrons. The first-order valence-corrected chi connectivity index (χ1v) is 20.6. The molecule has 308 valence electrons. The fourth-order valence-electron chi connectivity index (χ4n) is 7.95. The van der Waals surface area contributed by atoms with Crippen molar-refractivity contribution < 1.29 is 24.0 Å². The lowest BCUT2D eigenvalue weighted by atomic mass is 9.97. The zero-order chi connectivity index (χ0) is 43.0. The number of aromatic nitrogens is 2. The number of anilines is 2. The monoisotopic (exact) mass is 820 g/mol. The smallest absolute Gasteiger partial charge is 0.273 e. The Morgan fingerprint density at radius 2 is 0.968 bits per heavy atom. The maximum absolute atomic E-state index is 13.9. The highest BCUT2D eigenvalue weighted by atomic mass is 16.2. The van der Waals surface area contributed by atoms with Gasteiger partial charge in [0.15, 0.2) is 5.78 Å². The van der Waals surface area contributed by atoms with Gasteiger partial charge in [-0.3, -0.25) is 33.9 Å². The van der Waals surface area contributed by atoms with Gasteiger partial charge in [-0.2, -0.15) is 0 Å². The summed E-state index contributed by atoms with van der Waals surface area (Å²) in [6, 6.07) is 38.7. The number of amides is 4. The summed E-state index contributed by atoms with van der Waals surface area (Å²) in [5.74, 6) is -1.61. The normalized spacial score (nSPS) is 15.9. The Bertz CT molecular complexity index is 2480. The minimum atomic E-state index is -0.707. The summed E-state index contributed by atoms with van der Waals surface area (Å²) >= 11 is 0. The molecule has 4 heterocycles. The molecule has 2 fully saturated rings. The molecule has 2 atom stereocenters. The number of carbonyl (C=O) groups excluding carboxylic acids is 5. The summed E-state index contributed by atoms with van der Waals surface area (Å²) in [5, 5.41) is 5.94. The van der Waals surface area contributed by atoms with E-state index in [0.29, 0.717) is 66.8 Å². The van der Waals surface area contributed by atoms with Crippen LogP contribution < -0.4 is 10.6 Å². The zero-order valence-corrected chi connectivity index (χ0v) is 33.9. The number of nitrogens with zero attached hydrogens (tertiary/aromatic N) is 4. The van der Waals surface area contributed by atoms with Crippen LogP contribution in [-0.2, 0) is 9.59 Å². The van der Waals surface area contributed by atoms with Gasteiger partial charge in [0, 0.05) is 48.0 Å². The Morgan fingerprint density at radius 3 is 1.45 bits per heavy atom. The largest absolute Gasteiger partial charge is 0.325 e. The number of nitrogens with one attached hydrogen (secondary N) is 2. The number of benzene rings is 4. The van der Waals surface area contributed by atoms with Crippen molar-refractivity contribution in [1.82, 2.24) is 19.8 Å². The van der Waals surface area contributed by atoms with Crippen LogP contribution in [0.2, 0.25) is 0 Å². The summed E-state index contributed by atoms with van der Waals surface area (Å²) in [4.78, 5) is 79.7. The maximum atomic E-state index is 13.9. The van der Waals surface area contributed by atoms with E-state index in [0.717, 1.165) is 16.7 Å². The van der Waals surface area contributed by atoms with Crippen LogP contribution in [0, 0.1) is 0 Å². The van der Waals surface area contributed by atoms with Crippen LogP contribution >= 0.6 is 0 Å². The molecule has 0 spiro atoms.